The van der Waals surface area contributed by atoms with Crippen molar-refractivity contribution in [2.75, 3.05) is 13.2 Å². The average Bonchev–Trinajstić information content (AvgIpc) is 1.87. The topological polar surface area (TPSA) is 32.3 Å². The van der Waals surface area contributed by atoms with Crippen molar-refractivity contribution in [3.8, 4) is 0 Å². The largest absolute Gasteiger partial charge is 0.394 e. The van der Waals surface area contributed by atoms with Crippen LogP contribution in [0.3, 0.4) is 0 Å². The van der Waals surface area contributed by atoms with E-state index in [1.54, 1.807) is 0 Å². The van der Waals surface area contributed by atoms with E-state index in [2.05, 4.69) is 33.0 Å². The molecule has 0 aromatic heterocycles. The number of aliphatic hydroxyl groups excluding tert-OH is 1. The van der Waals surface area contributed by atoms with E-state index >= 15 is 0 Å². The van der Waals surface area contributed by atoms with Gasteiger partial charge in [-0.1, -0.05) is 20.8 Å². The van der Waals surface area contributed by atoms with Crippen molar-refractivity contribution in [3.63, 3.8) is 0 Å². The Morgan fingerprint density at radius 1 is 1.45 bits per heavy atom. The molecule has 0 aromatic rings. The molecule has 0 saturated heterocycles. The Bertz CT molecular complexity index is 104. The minimum Gasteiger partial charge on any atom is -0.394 e. The Balaban J connectivity index is 3.87. The summed E-state index contributed by atoms with van der Waals surface area (Å²) in [5.74, 6) is 0.631. The summed E-state index contributed by atoms with van der Waals surface area (Å²) < 4.78 is 0. The second kappa shape index (κ2) is 4.73. The lowest BCUT2D eigenvalue weighted by molar-refractivity contribution is 0.155. The molecule has 0 radical (unpaired) electrons. The van der Waals surface area contributed by atoms with Gasteiger partial charge in [-0.15, -0.1) is 0 Å². The zero-order valence-corrected chi connectivity index (χ0v) is 8.15. The molecule has 0 aliphatic rings. The van der Waals surface area contributed by atoms with Crippen LogP contribution in [0.15, 0.2) is 0 Å². The van der Waals surface area contributed by atoms with Gasteiger partial charge in [0.25, 0.3) is 0 Å². The zero-order chi connectivity index (χ0) is 8.91. The van der Waals surface area contributed by atoms with Gasteiger partial charge in [-0.2, -0.15) is 0 Å². The van der Waals surface area contributed by atoms with Crippen molar-refractivity contribution in [2.45, 2.75) is 39.7 Å². The van der Waals surface area contributed by atoms with Gasteiger partial charge in [-0.05, 0) is 25.8 Å². The normalized spacial score (nSPS) is 16.9. The van der Waals surface area contributed by atoms with E-state index in [1.165, 1.54) is 0 Å². The highest BCUT2D eigenvalue weighted by molar-refractivity contribution is 4.82. The van der Waals surface area contributed by atoms with Gasteiger partial charge in [0.05, 0.1) is 6.61 Å². The van der Waals surface area contributed by atoms with E-state index in [-0.39, 0.29) is 12.1 Å². The van der Waals surface area contributed by atoms with Crippen LogP contribution in [-0.4, -0.2) is 23.8 Å². The second-order valence-electron chi connectivity index (χ2n) is 3.85. The summed E-state index contributed by atoms with van der Waals surface area (Å²) in [4.78, 5) is 0. The lowest BCUT2D eigenvalue weighted by atomic mass is 9.91. The first-order chi connectivity index (χ1) is 5.04. The third-order valence-electron chi connectivity index (χ3n) is 1.81. The SMILES string of the molecule is CCNC(C)(CO)CC(C)C. The van der Waals surface area contributed by atoms with E-state index < -0.39 is 0 Å². The zero-order valence-electron chi connectivity index (χ0n) is 8.15. The minimum absolute atomic E-state index is 0.0804. The smallest absolute Gasteiger partial charge is 0.0610 e. The van der Waals surface area contributed by atoms with Crippen LogP contribution in [0.4, 0.5) is 0 Å². The molecule has 1 unspecified atom stereocenters. The quantitative estimate of drug-likeness (QED) is 0.635. The molecular weight excluding hydrogens is 138 g/mol. The molecule has 0 rings (SSSR count). The summed E-state index contributed by atoms with van der Waals surface area (Å²) >= 11 is 0. The molecule has 0 bridgehead atoms. The molecule has 0 aliphatic carbocycles. The van der Waals surface area contributed by atoms with Gasteiger partial charge in [0.1, 0.15) is 0 Å². The number of nitrogens with one attached hydrogen (secondary N) is 1. The minimum atomic E-state index is -0.0804. The Morgan fingerprint density at radius 3 is 2.27 bits per heavy atom. The standard InChI is InChI=1S/C9H21NO/c1-5-10-9(4,7-11)6-8(2)3/h8,10-11H,5-7H2,1-4H3. The number of aliphatic hydroxyl groups is 1. The van der Waals surface area contributed by atoms with Crippen molar-refractivity contribution in [2.24, 2.45) is 5.92 Å². The predicted molar refractivity (Wildman–Crippen MR) is 48.6 cm³/mol. The number of rotatable bonds is 5. The van der Waals surface area contributed by atoms with E-state index in [0.717, 1.165) is 13.0 Å². The summed E-state index contributed by atoms with van der Waals surface area (Å²) in [7, 11) is 0. The summed E-state index contributed by atoms with van der Waals surface area (Å²) in [6.07, 6.45) is 1.03. The van der Waals surface area contributed by atoms with E-state index in [1.807, 2.05) is 0 Å². The monoisotopic (exact) mass is 159 g/mol. The first-order valence-corrected chi connectivity index (χ1v) is 4.40. The van der Waals surface area contributed by atoms with Gasteiger partial charge in [0.2, 0.25) is 0 Å². The third kappa shape index (κ3) is 4.38. The van der Waals surface area contributed by atoms with Gasteiger partial charge in [0, 0.05) is 5.54 Å². The number of likely N-dealkylation sites (N-methyl/N-ethyl adjacent to an activating group) is 1. The highest BCUT2D eigenvalue weighted by atomic mass is 16.3. The van der Waals surface area contributed by atoms with Crippen LogP contribution in [0, 0.1) is 5.92 Å². The molecule has 11 heavy (non-hydrogen) atoms. The molecule has 0 aliphatic heterocycles. The van der Waals surface area contributed by atoms with Gasteiger partial charge < -0.3 is 10.4 Å². The van der Waals surface area contributed by atoms with E-state index in [9.17, 15) is 0 Å². The van der Waals surface area contributed by atoms with Crippen molar-refractivity contribution < 1.29 is 5.11 Å². The molecule has 2 nitrogen and oxygen atoms in total. The maximum atomic E-state index is 9.10. The summed E-state index contributed by atoms with van der Waals surface area (Å²) in [5.41, 5.74) is -0.0804. The van der Waals surface area contributed by atoms with Crippen LogP contribution in [-0.2, 0) is 0 Å². The summed E-state index contributed by atoms with van der Waals surface area (Å²) in [6.45, 7) is 9.62. The third-order valence-corrected chi connectivity index (χ3v) is 1.81. The fraction of sp³-hybridized carbons (Fsp3) is 1.00. The van der Waals surface area contributed by atoms with Crippen LogP contribution < -0.4 is 5.32 Å². The molecule has 2 N–H and O–H groups in total. The fourth-order valence-electron chi connectivity index (χ4n) is 1.52. The first-order valence-electron chi connectivity index (χ1n) is 4.40. The second-order valence-corrected chi connectivity index (χ2v) is 3.85. The molecule has 68 valence electrons. The van der Waals surface area contributed by atoms with Gasteiger partial charge in [-0.3, -0.25) is 0 Å². The molecular formula is C9H21NO. The maximum Gasteiger partial charge on any atom is 0.0610 e. The van der Waals surface area contributed by atoms with Gasteiger partial charge in [-0.25, -0.2) is 0 Å². The Labute approximate surface area is 70.0 Å². The highest BCUT2D eigenvalue weighted by Crippen LogP contribution is 2.15. The van der Waals surface area contributed by atoms with Crippen molar-refractivity contribution in [3.05, 3.63) is 0 Å². The van der Waals surface area contributed by atoms with Crippen LogP contribution >= 0.6 is 0 Å². The summed E-state index contributed by atoms with van der Waals surface area (Å²) in [6, 6.07) is 0. The molecule has 0 aromatic carbocycles. The maximum absolute atomic E-state index is 9.10. The Hall–Kier alpha value is -0.0800. The van der Waals surface area contributed by atoms with Gasteiger partial charge in [0.15, 0.2) is 0 Å². The number of hydrogen-bond acceptors (Lipinski definition) is 2. The molecule has 0 fully saturated rings. The average molecular weight is 159 g/mol. The van der Waals surface area contributed by atoms with Crippen LogP contribution in [0.5, 0.6) is 0 Å². The van der Waals surface area contributed by atoms with Crippen LogP contribution in [0.25, 0.3) is 0 Å². The predicted octanol–water partition coefficient (Wildman–Crippen LogP) is 1.39. The van der Waals surface area contributed by atoms with Crippen molar-refractivity contribution in [1.29, 1.82) is 0 Å². The van der Waals surface area contributed by atoms with Gasteiger partial charge >= 0.3 is 0 Å². The molecule has 1 atom stereocenters. The highest BCUT2D eigenvalue weighted by Gasteiger charge is 2.22. The van der Waals surface area contributed by atoms with Crippen LogP contribution in [0.1, 0.15) is 34.1 Å². The van der Waals surface area contributed by atoms with Crippen LogP contribution in [0.2, 0.25) is 0 Å². The fourth-order valence-corrected chi connectivity index (χ4v) is 1.52. The molecule has 0 spiro atoms. The van der Waals surface area contributed by atoms with Crippen molar-refractivity contribution in [1.82, 2.24) is 5.32 Å². The molecule has 0 amide bonds. The lowest BCUT2D eigenvalue weighted by Crippen LogP contribution is -2.46. The first kappa shape index (κ1) is 10.9. The van der Waals surface area contributed by atoms with Crippen molar-refractivity contribution >= 4 is 0 Å². The Kier molecular flexibility index (Phi) is 4.69. The molecule has 2 heteroatoms. The van der Waals surface area contributed by atoms with E-state index in [0.29, 0.717) is 5.92 Å². The number of hydrogen-bond donors (Lipinski definition) is 2. The lowest BCUT2D eigenvalue weighted by Gasteiger charge is -2.30. The molecule has 0 heterocycles. The Morgan fingerprint density at radius 2 is 2.00 bits per heavy atom. The molecule has 0 saturated carbocycles. The van der Waals surface area contributed by atoms with E-state index in [4.69, 9.17) is 5.11 Å². The summed E-state index contributed by atoms with van der Waals surface area (Å²) in [5, 5.41) is 12.4.